The highest BCUT2D eigenvalue weighted by molar-refractivity contribution is 9.11. The minimum atomic E-state index is -0.400. The van der Waals surface area contributed by atoms with Gasteiger partial charge in [-0.25, -0.2) is 0 Å². The zero-order valence-electron chi connectivity index (χ0n) is 10.3. The second-order valence-corrected chi connectivity index (χ2v) is 6.82. The van der Waals surface area contributed by atoms with Crippen molar-refractivity contribution in [2.75, 3.05) is 5.32 Å². The standard InChI is InChI=1S/C13H7BrClN3O2S/c14-10-6-5-9(21-10)12-17-18-13(20-12)16-11(19)7-3-1-2-4-8(7)15/h1-6H,(H,16,18,19). The Bertz CT molecular complexity index is 802. The topological polar surface area (TPSA) is 68.0 Å². The lowest BCUT2D eigenvalue weighted by molar-refractivity contribution is 0.102. The first-order valence-corrected chi connectivity index (χ1v) is 7.77. The third-order valence-corrected chi connectivity index (χ3v) is 4.49. The van der Waals surface area contributed by atoms with Crippen LogP contribution >= 0.6 is 38.9 Å². The molecule has 1 aromatic carbocycles. The van der Waals surface area contributed by atoms with Crippen LogP contribution in [0.5, 0.6) is 0 Å². The van der Waals surface area contributed by atoms with Crippen LogP contribution in [0.4, 0.5) is 6.01 Å². The number of nitrogens with one attached hydrogen (secondary N) is 1. The number of hydrogen-bond acceptors (Lipinski definition) is 5. The van der Waals surface area contributed by atoms with Gasteiger partial charge in [0.2, 0.25) is 0 Å². The van der Waals surface area contributed by atoms with E-state index in [1.165, 1.54) is 11.3 Å². The SMILES string of the molecule is O=C(Nc1nnc(-c2ccc(Br)s2)o1)c1ccccc1Cl. The molecular weight excluding hydrogens is 378 g/mol. The second-order valence-electron chi connectivity index (χ2n) is 3.95. The molecular formula is C13H7BrClN3O2S. The summed E-state index contributed by atoms with van der Waals surface area (Å²) in [7, 11) is 0. The van der Waals surface area contributed by atoms with E-state index in [4.69, 9.17) is 16.0 Å². The van der Waals surface area contributed by atoms with Crippen molar-refractivity contribution in [3.8, 4) is 10.8 Å². The molecule has 0 saturated carbocycles. The Morgan fingerprint density at radius 1 is 1.24 bits per heavy atom. The first-order chi connectivity index (χ1) is 10.1. The van der Waals surface area contributed by atoms with Crippen molar-refractivity contribution < 1.29 is 9.21 Å². The Hall–Kier alpha value is -1.70. The van der Waals surface area contributed by atoms with Gasteiger partial charge in [0.15, 0.2) is 0 Å². The Kier molecular flexibility index (Phi) is 4.05. The molecule has 2 aromatic heterocycles. The van der Waals surface area contributed by atoms with Crippen LogP contribution < -0.4 is 5.32 Å². The van der Waals surface area contributed by atoms with Gasteiger partial charge in [-0.3, -0.25) is 10.1 Å². The number of benzene rings is 1. The summed E-state index contributed by atoms with van der Waals surface area (Å²) in [5.41, 5.74) is 0.345. The lowest BCUT2D eigenvalue weighted by atomic mass is 10.2. The average molecular weight is 385 g/mol. The van der Waals surface area contributed by atoms with Crippen LogP contribution in [0.15, 0.2) is 44.6 Å². The number of thiophene rings is 1. The van der Waals surface area contributed by atoms with E-state index in [0.29, 0.717) is 16.5 Å². The number of amides is 1. The molecule has 0 aliphatic carbocycles. The predicted octanol–water partition coefficient (Wildman–Crippen LogP) is 4.47. The van der Waals surface area contributed by atoms with Gasteiger partial charge in [-0.2, -0.15) is 0 Å². The van der Waals surface area contributed by atoms with Crippen LogP contribution in [-0.2, 0) is 0 Å². The molecule has 0 aliphatic rings. The van der Waals surface area contributed by atoms with Gasteiger partial charge >= 0.3 is 6.01 Å². The highest BCUT2D eigenvalue weighted by Crippen LogP contribution is 2.31. The van der Waals surface area contributed by atoms with Crippen LogP contribution in [0.3, 0.4) is 0 Å². The Morgan fingerprint density at radius 3 is 2.76 bits per heavy atom. The number of anilines is 1. The van der Waals surface area contributed by atoms with Crippen LogP contribution in [-0.4, -0.2) is 16.1 Å². The molecule has 0 radical (unpaired) electrons. The predicted molar refractivity (Wildman–Crippen MR) is 84.7 cm³/mol. The van der Waals surface area contributed by atoms with Crippen molar-refractivity contribution in [2.24, 2.45) is 0 Å². The quantitative estimate of drug-likeness (QED) is 0.723. The molecule has 3 aromatic rings. The van der Waals surface area contributed by atoms with Crippen molar-refractivity contribution in [3.05, 3.63) is 50.8 Å². The number of halogens is 2. The van der Waals surface area contributed by atoms with Gasteiger partial charge in [-0.15, -0.1) is 16.4 Å². The van der Waals surface area contributed by atoms with Crippen LogP contribution in [0.1, 0.15) is 10.4 Å². The molecule has 0 saturated heterocycles. The number of nitrogens with zero attached hydrogens (tertiary/aromatic N) is 2. The molecule has 5 nitrogen and oxygen atoms in total. The maximum atomic E-state index is 12.1. The van der Waals surface area contributed by atoms with Gasteiger partial charge in [0.1, 0.15) is 0 Å². The van der Waals surface area contributed by atoms with Gasteiger partial charge in [0, 0.05) is 0 Å². The first-order valence-electron chi connectivity index (χ1n) is 5.78. The molecule has 3 rings (SSSR count). The summed E-state index contributed by atoms with van der Waals surface area (Å²) in [4.78, 5) is 12.9. The lowest BCUT2D eigenvalue weighted by Gasteiger charge is -2.01. The molecule has 0 bridgehead atoms. The number of rotatable bonds is 3. The average Bonchev–Trinajstić information content (AvgIpc) is 3.08. The van der Waals surface area contributed by atoms with E-state index in [1.807, 2.05) is 12.1 Å². The highest BCUT2D eigenvalue weighted by Gasteiger charge is 2.15. The van der Waals surface area contributed by atoms with Crippen molar-refractivity contribution in [1.29, 1.82) is 0 Å². The summed E-state index contributed by atoms with van der Waals surface area (Å²) in [6.45, 7) is 0. The van der Waals surface area contributed by atoms with Crippen LogP contribution in [0, 0.1) is 0 Å². The van der Waals surface area contributed by atoms with Crippen LogP contribution in [0.2, 0.25) is 5.02 Å². The van der Waals surface area contributed by atoms with Crippen LogP contribution in [0.25, 0.3) is 10.8 Å². The molecule has 0 spiro atoms. The molecule has 0 unspecified atom stereocenters. The van der Waals surface area contributed by atoms with E-state index >= 15 is 0 Å². The van der Waals surface area contributed by atoms with Gasteiger partial charge in [0.25, 0.3) is 11.8 Å². The Morgan fingerprint density at radius 2 is 2.05 bits per heavy atom. The Balaban J connectivity index is 1.79. The zero-order chi connectivity index (χ0) is 14.8. The molecule has 0 aliphatic heterocycles. The fraction of sp³-hybridized carbons (Fsp3) is 0. The van der Waals surface area contributed by atoms with E-state index in [-0.39, 0.29) is 6.01 Å². The number of carbonyl (C=O) groups is 1. The van der Waals surface area contributed by atoms with E-state index in [1.54, 1.807) is 24.3 Å². The lowest BCUT2D eigenvalue weighted by Crippen LogP contribution is -2.12. The molecule has 0 fully saturated rings. The van der Waals surface area contributed by atoms with Crippen molar-refractivity contribution >= 4 is 50.8 Å². The highest BCUT2D eigenvalue weighted by atomic mass is 79.9. The maximum Gasteiger partial charge on any atom is 0.322 e. The van der Waals surface area contributed by atoms with Crippen molar-refractivity contribution in [2.45, 2.75) is 0 Å². The zero-order valence-corrected chi connectivity index (χ0v) is 13.5. The molecule has 1 amide bonds. The number of hydrogen-bond donors (Lipinski definition) is 1. The minimum Gasteiger partial charge on any atom is -0.402 e. The van der Waals surface area contributed by atoms with E-state index < -0.39 is 5.91 Å². The molecule has 1 N–H and O–H groups in total. The van der Waals surface area contributed by atoms with Crippen molar-refractivity contribution in [1.82, 2.24) is 10.2 Å². The summed E-state index contributed by atoms with van der Waals surface area (Å²) in [5, 5.41) is 10.6. The third-order valence-electron chi connectivity index (χ3n) is 2.55. The number of carbonyl (C=O) groups excluding carboxylic acids is 1. The van der Waals surface area contributed by atoms with E-state index in [2.05, 4.69) is 31.4 Å². The fourth-order valence-corrected chi connectivity index (χ4v) is 3.14. The third kappa shape index (κ3) is 3.15. The fourth-order valence-electron chi connectivity index (χ4n) is 1.61. The summed E-state index contributed by atoms with van der Waals surface area (Å²) < 4.78 is 6.36. The molecule has 21 heavy (non-hydrogen) atoms. The maximum absolute atomic E-state index is 12.1. The normalized spacial score (nSPS) is 10.6. The van der Waals surface area contributed by atoms with Gasteiger partial charge in [0.05, 0.1) is 19.2 Å². The summed E-state index contributed by atoms with van der Waals surface area (Å²) >= 11 is 10.8. The second kappa shape index (κ2) is 5.97. The Labute approximate surface area is 137 Å². The van der Waals surface area contributed by atoms with Gasteiger partial charge in [-0.05, 0) is 40.2 Å². The smallest absolute Gasteiger partial charge is 0.322 e. The summed E-state index contributed by atoms with van der Waals surface area (Å²) in [6.07, 6.45) is 0. The first kappa shape index (κ1) is 14.2. The summed E-state index contributed by atoms with van der Waals surface area (Å²) in [5.74, 6) is -0.0525. The van der Waals surface area contributed by atoms with Crippen molar-refractivity contribution in [3.63, 3.8) is 0 Å². The van der Waals surface area contributed by atoms with Gasteiger partial charge < -0.3 is 4.42 Å². The minimum absolute atomic E-state index is 0.0273. The van der Waals surface area contributed by atoms with E-state index in [9.17, 15) is 4.79 Å². The van der Waals surface area contributed by atoms with Gasteiger partial charge in [-0.1, -0.05) is 28.8 Å². The van der Waals surface area contributed by atoms with E-state index in [0.717, 1.165) is 8.66 Å². The monoisotopic (exact) mass is 383 g/mol. The molecule has 8 heteroatoms. The molecule has 0 atom stereocenters. The largest absolute Gasteiger partial charge is 0.402 e. The molecule has 2 heterocycles. The number of aromatic nitrogens is 2. The molecule has 106 valence electrons. The summed E-state index contributed by atoms with van der Waals surface area (Å²) in [6, 6.07) is 10.5.